The van der Waals surface area contributed by atoms with Crippen LogP contribution in [0.1, 0.15) is 32.6 Å². The number of nitrogens with one attached hydrogen (secondary N) is 1. The first-order valence-electron chi connectivity index (χ1n) is 7.23. The molecule has 1 saturated heterocycles. The molecule has 1 fully saturated rings. The first-order valence-corrected chi connectivity index (χ1v) is 7.23. The van der Waals surface area contributed by atoms with E-state index in [4.69, 9.17) is 0 Å². The highest BCUT2D eigenvalue weighted by atomic mass is 15.2. The Labute approximate surface area is 110 Å². The van der Waals surface area contributed by atoms with Crippen molar-refractivity contribution < 1.29 is 0 Å². The van der Waals surface area contributed by atoms with Gasteiger partial charge < -0.3 is 14.8 Å². The minimum Gasteiger partial charge on any atom is -0.355 e. The Morgan fingerprint density at radius 2 is 2.39 bits per heavy atom. The van der Waals surface area contributed by atoms with Gasteiger partial charge in [0.2, 0.25) is 5.95 Å². The van der Waals surface area contributed by atoms with Gasteiger partial charge in [-0.05, 0) is 38.8 Å². The minimum atomic E-state index is 0.764. The summed E-state index contributed by atoms with van der Waals surface area (Å²) in [5.41, 5.74) is 0. The largest absolute Gasteiger partial charge is 0.355 e. The van der Waals surface area contributed by atoms with Crippen molar-refractivity contribution in [2.45, 2.75) is 39.2 Å². The summed E-state index contributed by atoms with van der Waals surface area (Å²) in [6.07, 6.45) is 9.08. The van der Waals surface area contributed by atoms with Crippen LogP contribution in [0.5, 0.6) is 0 Å². The molecule has 1 aromatic rings. The van der Waals surface area contributed by atoms with Crippen molar-refractivity contribution in [3.8, 4) is 0 Å². The highest BCUT2D eigenvalue weighted by Crippen LogP contribution is 2.16. The average molecular weight is 250 g/mol. The maximum Gasteiger partial charge on any atom is 0.202 e. The van der Waals surface area contributed by atoms with Crippen molar-refractivity contribution >= 4 is 5.95 Å². The Morgan fingerprint density at radius 1 is 1.50 bits per heavy atom. The van der Waals surface area contributed by atoms with Crippen molar-refractivity contribution in [1.82, 2.24) is 14.5 Å². The van der Waals surface area contributed by atoms with Crippen LogP contribution in [0.15, 0.2) is 12.4 Å². The quantitative estimate of drug-likeness (QED) is 0.842. The van der Waals surface area contributed by atoms with Crippen LogP contribution in [-0.4, -0.2) is 41.1 Å². The van der Waals surface area contributed by atoms with Gasteiger partial charge in [-0.25, -0.2) is 4.98 Å². The zero-order chi connectivity index (χ0) is 12.8. The van der Waals surface area contributed by atoms with Crippen LogP contribution in [0.3, 0.4) is 0 Å². The fourth-order valence-corrected chi connectivity index (χ4v) is 2.66. The fraction of sp³-hybridized carbons (Fsp3) is 0.786. The van der Waals surface area contributed by atoms with Gasteiger partial charge in [-0.3, -0.25) is 0 Å². The summed E-state index contributed by atoms with van der Waals surface area (Å²) >= 11 is 0. The highest BCUT2D eigenvalue weighted by Gasteiger charge is 2.17. The van der Waals surface area contributed by atoms with Gasteiger partial charge in [-0.1, -0.05) is 13.3 Å². The van der Waals surface area contributed by atoms with Crippen LogP contribution in [-0.2, 0) is 6.54 Å². The predicted molar refractivity (Wildman–Crippen MR) is 75.8 cm³/mol. The summed E-state index contributed by atoms with van der Waals surface area (Å²) < 4.78 is 2.23. The number of imidazole rings is 1. The van der Waals surface area contributed by atoms with Crippen LogP contribution in [0.4, 0.5) is 5.95 Å². The van der Waals surface area contributed by atoms with E-state index in [-0.39, 0.29) is 0 Å². The van der Waals surface area contributed by atoms with Gasteiger partial charge in [0.1, 0.15) is 0 Å². The number of rotatable bonds is 6. The molecule has 0 aromatic carbocycles. The molecule has 1 aromatic heterocycles. The molecular formula is C14H26N4. The predicted octanol–water partition coefficient (Wildman–Crippen LogP) is 2.44. The van der Waals surface area contributed by atoms with Crippen molar-refractivity contribution in [3.05, 3.63) is 12.4 Å². The molecule has 2 rings (SSSR count). The standard InChI is InChI=1S/C14H26N4/c1-3-4-9-18-10-7-15-14(18)16-11-13-6-5-8-17(2)12-13/h7,10,13H,3-6,8-9,11-12H2,1-2H3,(H,15,16). The summed E-state index contributed by atoms with van der Waals surface area (Å²) in [6.45, 7) is 6.81. The topological polar surface area (TPSA) is 33.1 Å². The molecule has 2 heterocycles. The van der Waals surface area contributed by atoms with Gasteiger partial charge in [0.05, 0.1) is 0 Å². The first-order chi connectivity index (χ1) is 8.79. The molecule has 0 radical (unpaired) electrons. The molecule has 0 spiro atoms. The summed E-state index contributed by atoms with van der Waals surface area (Å²) in [7, 11) is 2.22. The van der Waals surface area contributed by atoms with Gasteiger partial charge in [0.15, 0.2) is 0 Å². The van der Waals surface area contributed by atoms with Crippen LogP contribution in [0.25, 0.3) is 0 Å². The summed E-state index contributed by atoms with van der Waals surface area (Å²) in [5.74, 6) is 1.80. The van der Waals surface area contributed by atoms with Crippen LogP contribution < -0.4 is 5.32 Å². The van der Waals surface area contributed by atoms with Crippen molar-refractivity contribution in [2.24, 2.45) is 5.92 Å². The second-order valence-corrected chi connectivity index (χ2v) is 5.45. The number of hydrogen-bond donors (Lipinski definition) is 1. The molecule has 1 aliphatic rings. The third-order valence-corrected chi connectivity index (χ3v) is 3.74. The minimum absolute atomic E-state index is 0.764. The zero-order valence-electron chi connectivity index (χ0n) is 11.7. The normalized spacial score (nSPS) is 21.1. The number of aromatic nitrogens is 2. The molecule has 0 amide bonds. The lowest BCUT2D eigenvalue weighted by Crippen LogP contribution is -2.35. The lowest BCUT2D eigenvalue weighted by atomic mass is 9.99. The fourth-order valence-electron chi connectivity index (χ4n) is 2.66. The smallest absolute Gasteiger partial charge is 0.202 e. The summed E-state index contributed by atoms with van der Waals surface area (Å²) in [4.78, 5) is 6.84. The third kappa shape index (κ3) is 3.73. The lowest BCUT2D eigenvalue weighted by Gasteiger charge is -2.29. The molecule has 0 bridgehead atoms. The molecule has 4 nitrogen and oxygen atoms in total. The van der Waals surface area contributed by atoms with Crippen molar-refractivity contribution in [1.29, 1.82) is 0 Å². The Kier molecular flexibility index (Phi) is 5.05. The average Bonchev–Trinajstić information content (AvgIpc) is 2.81. The van der Waals surface area contributed by atoms with Gasteiger partial charge in [-0.15, -0.1) is 0 Å². The van der Waals surface area contributed by atoms with Crippen LogP contribution in [0.2, 0.25) is 0 Å². The molecular weight excluding hydrogens is 224 g/mol. The first kappa shape index (κ1) is 13.4. The monoisotopic (exact) mass is 250 g/mol. The second-order valence-electron chi connectivity index (χ2n) is 5.45. The Hall–Kier alpha value is -1.03. The number of unbranched alkanes of at least 4 members (excludes halogenated alkanes) is 1. The number of hydrogen-bond acceptors (Lipinski definition) is 3. The SMILES string of the molecule is CCCCn1ccnc1NCC1CCCN(C)C1. The van der Waals surface area contributed by atoms with E-state index in [0.29, 0.717) is 0 Å². The molecule has 0 aliphatic carbocycles. The molecule has 1 aliphatic heterocycles. The molecule has 0 saturated carbocycles. The van der Waals surface area contributed by atoms with Crippen LogP contribution >= 0.6 is 0 Å². The van der Waals surface area contributed by atoms with E-state index in [1.54, 1.807) is 0 Å². The maximum absolute atomic E-state index is 4.41. The van der Waals surface area contributed by atoms with Gasteiger partial charge in [0, 0.05) is 32.0 Å². The summed E-state index contributed by atoms with van der Waals surface area (Å²) in [5, 5.41) is 3.52. The number of piperidine rings is 1. The number of anilines is 1. The molecule has 4 heteroatoms. The van der Waals surface area contributed by atoms with Crippen LogP contribution in [0, 0.1) is 5.92 Å². The van der Waals surface area contributed by atoms with Gasteiger partial charge >= 0.3 is 0 Å². The van der Waals surface area contributed by atoms with E-state index in [9.17, 15) is 0 Å². The zero-order valence-corrected chi connectivity index (χ0v) is 11.7. The Morgan fingerprint density at radius 3 is 3.17 bits per heavy atom. The van der Waals surface area contributed by atoms with E-state index in [1.807, 2.05) is 6.20 Å². The molecule has 1 unspecified atom stereocenters. The maximum atomic E-state index is 4.41. The van der Waals surface area contributed by atoms with Gasteiger partial charge in [-0.2, -0.15) is 0 Å². The van der Waals surface area contributed by atoms with E-state index in [2.05, 4.69) is 39.9 Å². The molecule has 1 N–H and O–H groups in total. The number of nitrogens with zero attached hydrogens (tertiary/aromatic N) is 3. The third-order valence-electron chi connectivity index (χ3n) is 3.74. The Bertz CT molecular complexity index is 347. The Balaban J connectivity index is 1.80. The summed E-state index contributed by atoms with van der Waals surface area (Å²) in [6, 6.07) is 0. The van der Waals surface area contributed by atoms with Crippen molar-refractivity contribution in [3.63, 3.8) is 0 Å². The molecule has 1 atom stereocenters. The highest BCUT2D eigenvalue weighted by molar-refractivity contribution is 5.25. The van der Waals surface area contributed by atoms with E-state index in [0.717, 1.165) is 25.0 Å². The molecule has 102 valence electrons. The molecule has 18 heavy (non-hydrogen) atoms. The van der Waals surface area contributed by atoms with Gasteiger partial charge in [0.25, 0.3) is 0 Å². The lowest BCUT2D eigenvalue weighted by molar-refractivity contribution is 0.217. The number of aryl methyl sites for hydroxylation is 1. The van der Waals surface area contributed by atoms with E-state index >= 15 is 0 Å². The second kappa shape index (κ2) is 6.78. The van der Waals surface area contributed by atoms with Crippen molar-refractivity contribution in [2.75, 3.05) is 32.0 Å². The number of likely N-dealkylation sites (tertiary alicyclic amines) is 1. The van der Waals surface area contributed by atoms with E-state index in [1.165, 1.54) is 38.8 Å². The van der Waals surface area contributed by atoms with E-state index < -0.39 is 0 Å².